The molecular weight excluding hydrogens is 290 g/mol. The number of nitrogens with two attached hydrogens (primary N) is 1. The molecule has 0 unspecified atom stereocenters. The molecule has 0 bridgehead atoms. The molecule has 2 aromatic carbocycles. The highest BCUT2D eigenvalue weighted by molar-refractivity contribution is 7.05. The van der Waals surface area contributed by atoms with Crippen molar-refractivity contribution in [2.45, 2.75) is 26.2 Å². The minimum absolute atomic E-state index is 0.151. The van der Waals surface area contributed by atoms with Crippen LogP contribution in [-0.2, 0) is 5.41 Å². The Balaban J connectivity index is 2.06. The summed E-state index contributed by atoms with van der Waals surface area (Å²) in [6.45, 7) is 6.65. The fourth-order valence-corrected chi connectivity index (χ4v) is 3.12. The minimum Gasteiger partial charge on any atom is -0.351 e. The van der Waals surface area contributed by atoms with Crippen LogP contribution in [0.25, 0.3) is 17.1 Å². The lowest BCUT2D eigenvalue weighted by molar-refractivity contribution is -0.509. The first-order chi connectivity index (χ1) is 10.4. The van der Waals surface area contributed by atoms with Gasteiger partial charge in [-0.15, -0.1) is 3.96 Å². The van der Waals surface area contributed by atoms with Crippen LogP contribution in [0.5, 0.6) is 0 Å². The molecule has 1 heterocycles. The molecule has 3 rings (SSSR count). The van der Waals surface area contributed by atoms with Gasteiger partial charge in [0.1, 0.15) is 17.2 Å². The van der Waals surface area contributed by atoms with Crippen molar-refractivity contribution >= 4 is 16.7 Å². The molecule has 22 heavy (non-hydrogen) atoms. The van der Waals surface area contributed by atoms with Gasteiger partial charge in [-0.2, -0.15) is 0 Å². The summed E-state index contributed by atoms with van der Waals surface area (Å²) in [7, 11) is 0. The molecule has 0 atom stereocenters. The van der Waals surface area contributed by atoms with E-state index in [9.17, 15) is 0 Å². The second kappa shape index (κ2) is 5.54. The van der Waals surface area contributed by atoms with Gasteiger partial charge in [-0.05, 0) is 40.2 Å². The summed E-state index contributed by atoms with van der Waals surface area (Å²) in [4.78, 5) is 4.49. The van der Waals surface area contributed by atoms with Gasteiger partial charge in [0.05, 0.1) is 5.56 Å². The molecule has 2 N–H and O–H groups in total. The third kappa shape index (κ3) is 2.88. The molecule has 1 aromatic heterocycles. The van der Waals surface area contributed by atoms with E-state index in [1.807, 2.05) is 18.2 Å². The van der Waals surface area contributed by atoms with E-state index in [1.165, 1.54) is 17.1 Å². The Morgan fingerprint density at radius 1 is 0.955 bits per heavy atom. The van der Waals surface area contributed by atoms with Crippen LogP contribution in [0.2, 0.25) is 0 Å². The maximum Gasteiger partial charge on any atom is 0.350 e. The number of hydrogen-bond acceptors (Lipinski definition) is 3. The summed E-state index contributed by atoms with van der Waals surface area (Å²) < 4.78 is 2.08. The molecule has 0 fully saturated rings. The van der Waals surface area contributed by atoms with E-state index in [-0.39, 0.29) is 5.41 Å². The number of anilines is 1. The van der Waals surface area contributed by atoms with Crippen molar-refractivity contribution < 1.29 is 3.96 Å². The third-order valence-corrected chi connectivity index (χ3v) is 4.44. The SMILES string of the molecule is CC(C)(C)c1ccc(-[n+]2sc(N)nc2-c2ccccc2)cc1. The molecule has 3 aromatic rings. The summed E-state index contributed by atoms with van der Waals surface area (Å²) in [5, 5.41) is 0.568. The molecule has 0 radical (unpaired) electrons. The Morgan fingerprint density at radius 2 is 1.59 bits per heavy atom. The van der Waals surface area contributed by atoms with Crippen LogP contribution in [0.1, 0.15) is 26.3 Å². The van der Waals surface area contributed by atoms with Crippen LogP contribution in [0.15, 0.2) is 54.6 Å². The molecule has 0 saturated heterocycles. The summed E-state index contributed by atoms with van der Waals surface area (Å²) >= 11 is 1.46. The Hall–Kier alpha value is -2.20. The first kappa shape index (κ1) is 14.7. The number of hydrogen-bond donors (Lipinski definition) is 1. The van der Waals surface area contributed by atoms with Crippen LogP contribution >= 0.6 is 11.5 Å². The molecular formula is C18H20N3S+. The Morgan fingerprint density at radius 3 is 2.18 bits per heavy atom. The van der Waals surface area contributed by atoms with Gasteiger partial charge in [0.25, 0.3) is 0 Å². The normalized spacial score (nSPS) is 11.6. The minimum atomic E-state index is 0.151. The molecule has 112 valence electrons. The molecule has 0 aliphatic carbocycles. The number of benzene rings is 2. The van der Waals surface area contributed by atoms with Crippen molar-refractivity contribution in [1.82, 2.24) is 4.98 Å². The largest absolute Gasteiger partial charge is 0.351 e. The Bertz CT molecular complexity index is 768. The first-order valence-electron chi connectivity index (χ1n) is 7.30. The van der Waals surface area contributed by atoms with Gasteiger partial charge < -0.3 is 5.73 Å². The summed E-state index contributed by atoms with van der Waals surface area (Å²) in [5.74, 6) is 0.881. The topological polar surface area (TPSA) is 42.8 Å². The highest BCUT2D eigenvalue weighted by Gasteiger charge is 2.23. The highest BCUT2D eigenvalue weighted by Crippen LogP contribution is 2.24. The van der Waals surface area contributed by atoms with E-state index in [4.69, 9.17) is 5.73 Å². The van der Waals surface area contributed by atoms with Gasteiger partial charge >= 0.3 is 11.0 Å². The standard InChI is InChI=1S/C18H19N3S/c1-18(2,3)14-9-11-15(12-10-14)21-16(20-17(19)22-21)13-7-5-4-6-8-13/h4-12,19H,1-3H3/p+1. The lowest BCUT2D eigenvalue weighted by Crippen LogP contribution is -2.28. The van der Waals surface area contributed by atoms with E-state index < -0.39 is 0 Å². The van der Waals surface area contributed by atoms with Crippen molar-refractivity contribution in [1.29, 1.82) is 0 Å². The summed E-state index contributed by atoms with van der Waals surface area (Å²) in [6, 6.07) is 18.7. The maximum atomic E-state index is 5.94. The lowest BCUT2D eigenvalue weighted by Gasteiger charge is -2.18. The average Bonchev–Trinajstić information content (AvgIpc) is 2.89. The molecule has 0 saturated carbocycles. The van der Waals surface area contributed by atoms with Crippen LogP contribution < -0.4 is 9.69 Å². The molecule has 0 aliphatic heterocycles. The van der Waals surface area contributed by atoms with Gasteiger partial charge in [0.15, 0.2) is 0 Å². The zero-order valence-corrected chi connectivity index (χ0v) is 13.9. The van der Waals surface area contributed by atoms with Crippen molar-refractivity contribution in [3.8, 4) is 17.1 Å². The maximum absolute atomic E-state index is 5.94. The van der Waals surface area contributed by atoms with E-state index in [2.05, 4.69) is 66.1 Å². The second-order valence-corrected chi connectivity index (χ2v) is 7.29. The molecule has 0 amide bonds. The molecule has 3 nitrogen and oxygen atoms in total. The molecule has 0 aliphatic rings. The zero-order chi connectivity index (χ0) is 15.7. The smallest absolute Gasteiger partial charge is 0.350 e. The predicted octanol–water partition coefficient (Wildman–Crippen LogP) is 3.97. The summed E-state index contributed by atoms with van der Waals surface area (Å²) in [6.07, 6.45) is 0. The molecule has 4 heteroatoms. The number of aromatic nitrogens is 2. The van der Waals surface area contributed by atoms with Gasteiger partial charge in [-0.3, -0.25) is 0 Å². The van der Waals surface area contributed by atoms with Crippen LogP contribution in [0.3, 0.4) is 0 Å². The van der Waals surface area contributed by atoms with E-state index in [0.717, 1.165) is 17.1 Å². The van der Waals surface area contributed by atoms with Crippen molar-refractivity contribution in [2.75, 3.05) is 5.73 Å². The fraction of sp³-hybridized carbons (Fsp3) is 0.222. The summed E-state index contributed by atoms with van der Waals surface area (Å²) in [5.41, 5.74) is 9.56. The number of nitrogen functional groups attached to an aromatic ring is 1. The van der Waals surface area contributed by atoms with Crippen LogP contribution in [0, 0.1) is 0 Å². The number of rotatable bonds is 2. The fourth-order valence-electron chi connectivity index (χ4n) is 2.35. The zero-order valence-electron chi connectivity index (χ0n) is 13.1. The van der Waals surface area contributed by atoms with Gasteiger partial charge in [0.2, 0.25) is 0 Å². The highest BCUT2D eigenvalue weighted by atomic mass is 32.1. The van der Waals surface area contributed by atoms with Gasteiger partial charge in [-0.1, -0.05) is 51.1 Å². The van der Waals surface area contributed by atoms with E-state index in [1.54, 1.807) is 0 Å². The Kier molecular flexibility index (Phi) is 3.71. The van der Waals surface area contributed by atoms with Crippen molar-refractivity contribution in [2.24, 2.45) is 0 Å². The third-order valence-electron chi connectivity index (χ3n) is 3.59. The molecule has 0 spiro atoms. The second-order valence-electron chi connectivity index (χ2n) is 6.32. The quantitative estimate of drug-likeness (QED) is 0.728. The van der Waals surface area contributed by atoms with Crippen LogP contribution in [0.4, 0.5) is 5.13 Å². The monoisotopic (exact) mass is 310 g/mol. The predicted molar refractivity (Wildman–Crippen MR) is 92.2 cm³/mol. The van der Waals surface area contributed by atoms with Crippen molar-refractivity contribution in [3.63, 3.8) is 0 Å². The Labute approximate surface area is 135 Å². The van der Waals surface area contributed by atoms with Crippen molar-refractivity contribution in [3.05, 3.63) is 60.2 Å². The van der Waals surface area contributed by atoms with E-state index >= 15 is 0 Å². The van der Waals surface area contributed by atoms with Gasteiger partial charge in [-0.25, -0.2) is 0 Å². The average molecular weight is 310 g/mol. The lowest BCUT2D eigenvalue weighted by atomic mass is 9.87. The number of nitrogens with zero attached hydrogens (tertiary/aromatic N) is 2. The van der Waals surface area contributed by atoms with Crippen LogP contribution in [-0.4, -0.2) is 4.98 Å². The first-order valence-corrected chi connectivity index (χ1v) is 8.08. The van der Waals surface area contributed by atoms with E-state index in [0.29, 0.717) is 5.13 Å². The van der Waals surface area contributed by atoms with Gasteiger partial charge in [0, 0.05) is 0 Å².